The van der Waals surface area contributed by atoms with E-state index in [0.29, 0.717) is 6.61 Å². The summed E-state index contributed by atoms with van der Waals surface area (Å²) in [5.41, 5.74) is 3.63. The van der Waals surface area contributed by atoms with Gasteiger partial charge in [0, 0.05) is 6.20 Å². The molecule has 1 saturated heterocycles. The Hall–Kier alpha value is -1.00. The van der Waals surface area contributed by atoms with Gasteiger partial charge in [-0.15, -0.1) is 0 Å². The standard InChI is InChI=1S/C8H9FN2O/c9-7-3-6(4-10-5-7)8-1-2-12-11-8/h3-5,8,11H,1-2H2/t8-/m1/s1. The first-order chi connectivity index (χ1) is 5.86. The van der Waals surface area contributed by atoms with Crippen molar-refractivity contribution in [2.24, 2.45) is 0 Å². The first-order valence-electron chi connectivity index (χ1n) is 3.84. The van der Waals surface area contributed by atoms with Crippen molar-refractivity contribution >= 4 is 0 Å². The molecule has 1 aromatic rings. The molecule has 64 valence electrons. The Labute approximate surface area is 69.5 Å². The molecule has 0 amide bonds. The lowest BCUT2D eigenvalue weighted by molar-refractivity contribution is 0.0882. The lowest BCUT2D eigenvalue weighted by Crippen LogP contribution is -2.11. The molecule has 12 heavy (non-hydrogen) atoms. The van der Waals surface area contributed by atoms with Crippen molar-refractivity contribution in [3.05, 3.63) is 29.8 Å². The van der Waals surface area contributed by atoms with E-state index in [4.69, 9.17) is 4.84 Å². The van der Waals surface area contributed by atoms with Crippen LogP contribution in [0, 0.1) is 5.82 Å². The highest BCUT2D eigenvalue weighted by Crippen LogP contribution is 2.20. The molecule has 2 heterocycles. The van der Waals surface area contributed by atoms with Crippen molar-refractivity contribution in [2.45, 2.75) is 12.5 Å². The Bertz CT molecular complexity index is 274. The third-order valence-corrected chi connectivity index (χ3v) is 1.86. The second-order valence-electron chi connectivity index (χ2n) is 2.74. The van der Waals surface area contributed by atoms with E-state index in [2.05, 4.69) is 10.5 Å². The lowest BCUT2D eigenvalue weighted by atomic mass is 10.1. The van der Waals surface area contributed by atoms with Crippen LogP contribution in [-0.2, 0) is 4.84 Å². The first-order valence-corrected chi connectivity index (χ1v) is 3.84. The molecule has 4 heteroatoms. The van der Waals surface area contributed by atoms with Gasteiger partial charge in [0.15, 0.2) is 0 Å². The maximum absolute atomic E-state index is 12.7. The summed E-state index contributed by atoms with van der Waals surface area (Å²) in [5.74, 6) is -0.304. The number of hydrogen-bond donors (Lipinski definition) is 1. The quantitative estimate of drug-likeness (QED) is 0.683. The summed E-state index contributed by atoms with van der Waals surface area (Å²) in [5, 5.41) is 0. The van der Waals surface area contributed by atoms with E-state index in [1.807, 2.05) is 0 Å². The highest BCUT2D eigenvalue weighted by molar-refractivity contribution is 5.15. The van der Waals surface area contributed by atoms with Crippen molar-refractivity contribution in [1.29, 1.82) is 0 Å². The summed E-state index contributed by atoms with van der Waals surface area (Å²) < 4.78 is 12.7. The van der Waals surface area contributed by atoms with Crippen LogP contribution in [0.5, 0.6) is 0 Å². The van der Waals surface area contributed by atoms with Gasteiger partial charge in [0.25, 0.3) is 0 Å². The Kier molecular flexibility index (Phi) is 2.01. The molecule has 1 aromatic heterocycles. The van der Waals surface area contributed by atoms with Gasteiger partial charge in [-0.2, -0.15) is 5.48 Å². The van der Waals surface area contributed by atoms with Crippen LogP contribution >= 0.6 is 0 Å². The normalized spacial score (nSPS) is 22.9. The molecule has 0 saturated carbocycles. The van der Waals surface area contributed by atoms with Gasteiger partial charge in [-0.3, -0.25) is 4.98 Å². The average Bonchev–Trinajstić information content (AvgIpc) is 2.56. The summed E-state index contributed by atoms with van der Waals surface area (Å²) in [6.45, 7) is 0.668. The number of aromatic nitrogens is 1. The topological polar surface area (TPSA) is 34.1 Å². The number of nitrogens with one attached hydrogen (secondary N) is 1. The van der Waals surface area contributed by atoms with E-state index in [1.165, 1.54) is 12.3 Å². The van der Waals surface area contributed by atoms with Gasteiger partial charge in [0.2, 0.25) is 0 Å². The Morgan fingerprint density at radius 3 is 3.17 bits per heavy atom. The molecule has 1 fully saturated rings. The van der Waals surface area contributed by atoms with Crippen LogP contribution in [0.4, 0.5) is 4.39 Å². The Morgan fingerprint density at radius 1 is 1.58 bits per heavy atom. The van der Waals surface area contributed by atoms with E-state index < -0.39 is 0 Å². The van der Waals surface area contributed by atoms with Crippen LogP contribution in [0.15, 0.2) is 18.5 Å². The third kappa shape index (κ3) is 1.44. The summed E-state index contributed by atoms with van der Waals surface area (Å²) in [6, 6.07) is 1.56. The number of halogens is 1. The van der Waals surface area contributed by atoms with Crippen molar-refractivity contribution in [3.8, 4) is 0 Å². The molecule has 1 aliphatic rings. The Balaban J connectivity index is 2.21. The van der Waals surface area contributed by atoms with Crippen molar-refractivity contribution in [2.75, 3.05) is 6.61 Å². The van der Waals surface area contributed by atoms with Crippen LogP contribution in [-0.4, -0.2) is 11.6 Å². The minimum atomic E-state index is -0.304. The predicted octanol–water partition coefficient (Wildman–Crippen LogP) is 1.19. The molecule has 0 aromatic carbocycles. The van der Waals surface area contributed by atoms with Gasteiger partial charge in [-0.25, -0.2) is 4.39 Å². The van der Waals surface area contributed by atoms with Gasteiger partial charge < -0.3 is 4.84 Å². The van der Waals surface area contributed by atoms with E-state index in [0.717, 1.165) is 12.0 Å². The van der Waals surface area contributed by atoms with Crippen LogP contribution in [0.3, 0.4) is 0 Å². The second-order valence-corrected chi connectivity index (χ2v) is 2.74. The van der Waals surface area contributed by atoms with Crippen molar-refractivity contribution in [1.82, 2.24) is 10.5 Å². The van der Waals surface area contributed by atoms with Gasteiger partial charge in [-0.1, -0.05) is 0 Å². The van der Waals surface area contributed by atoms with Crippen molar-refractivity contribution < 1.29 is 9.23 Å². The van der Waals surface area contributed by atoms with Crippen LogP contribution in [0.2, 0.25) is 0 Å². The molecule has 2 rings (SSSR count). The fourth-order valence-electron chi connectivity index (χ4n) is 1.25. The van der Waals surface area contributed by atoms with E-state index in [1.54, 1.807) is 6.20 Å². The molecule has 0 unspecified atom stereocenters. The number of hydroxylamine groups is 1. The summed E-state index contributed by atoms with van der Waals surface area (Å²) in [6.07, 6.45) is 3.71. The maximum atomic E-state index is 12.7. The molecule has 0 aliphatic carbocycles. The van der Waals surface area contributed by atoms with E-state index in [-0.39, 0.29) is 11.9 Å². The summed E-state index contributed by atoms with van der Waals surface area (Å²) in [7, 11) is 0. The number of pyridine rings is 1. The van der Waals surface area contributed by atoms with Crippen LogP contribution < -0.4 is 5.48 Å². The fourth-order valence-corrected chi connectivity index (χ4v) is 1.25. The van der Waals surface area contributed by atoms with Gasteiger partial charge >= 0.3 is 0 Å². The van der Waals surface area contributed by atoms with E-state index in [9.17, 15) is 4.39 Å². The Morgan fingerprint density at radius 2 is 2.50 bits per heavy atom. The molecule has 1 atom stereocenters. The highest BCUT2D eigenvalue weighted by Gasteiger charge is 2.17. The molecule has 0 spiro atoms. The average molecular weight is 168 g/mol. The zero-order valence-corrected chi connectivity index (χ0v) is 6.46. The lowest BCUT2D eigenvalue weighted by Gasteiger charge is -2.06. The third-order valence-electron chi connectivity index (χ3n) is 1.86. The predicted molar refractivity (Wildman–Crippen MR) is 40.6 cm³/mol. The number of nitrogens with zero attached hydrogens (tertiary/aromatic N) is 1. The van der Waals surface area contributed by atoms with Gasteiger partial charge in [0.05, 0.1) is 18.8 Å². The molecular weight excluding hydrogens is 159 g/mol. The van der Waals surface area contributed by atoms with Crippen LogP contribution in [0.1, 0.15) is 18.0 Å². The molecule has 1 N–H and O–H groups in total. The largest absolute Gasteiger partial charge is 0.301 e. The molecule has 1 aliphatic heterocycles. The molecule has 0 radical (unpaired) electrons. The zero-order chi connectivity index (χ0) is 8.39. The SMILES string of the molecule is Fc1cncc([C@H]2CCON2)c1. The first kappa shape index (κ1) is 7.64. The smallest absolute Gasteiger partial charge is 0.141 e. The minimum absolute atomic E-state index is 0.0909. The van der Waals surface area contributed by atoms with Crippen molar-refractivity contribution in [3.63, 3.8) is 0 Å². The fraction of sp³-hybridized carbons (Fsp3) is 0.375. The number of hydrogen-bond acceptors (Lipinski definition) is 3. The second kappa shape index (κ2) is 3.16. The minimum Gasteiger partial charge on any atom is -0.301 e. The monoisotopic (exact) mass is 168 g/mol. The zero-order valence-electron chi connectivity index (χ0n) is 6.46. The summed E-state index contributed by atoms with van der Waals surface area (Å²) >= 11 is 0. The molecular formula is C8H9FN2O. The highest BCUT2D eigenvalue weighted by atomic mass is 19.1. The molecule has 0 bridgehead atoms. The maximum Gasteiger partial charge on any atom is 0.141 e. The van der Waals surface area contributed by atoms with E-state index >= 15 is 0 Å². The van der Waals surface area contributed by atoms with Crippen LogP contribution in [0.25, 0.3) is 0 Å². The molecule has 3 nitrogen and oxygen atoms in total. The van der Waals surface area contributed by atoms with Gasteiger partial charge in [-0.05, 0) is 18.1 Å². The summed E-state index contributed by atoms with van der Waals surface area (Å²) in [4.78, 5) is 8.71. The number of rotatable bonds is 1. The van der Waals surface area contributed by atoms with Gasteiger partial charge in [0.1, 0.15) is 5.82 Å².